The third-order valence-electron chi connectivity index (χ3n) is 7.97. The average molecular weight is 556 g/mol. The molecule has 11 nitrogen and oxygen atoms in total. The fourth-order valence-corrected chi connectivity index (χ4v) is 5.34. The van der Waals surface area contributed by atoms with Crippen LogP contribution in [-0.4, -0.2) is 76.8 Å². The minimum absolute atomic E-state index is 0.0223. The number of fused-ring (bicyclic) bond motifs is 1. The number of carbonyl (C=O) groups is 3. The molecule has 1 aromatic carbocycles. The Morgan fingerprint density at radius 3 is 2.58 bits per heavy atom. The second-order valence-corrected chi connectivity index (χ2v) is 11.2. The van der Waals surface area contributed by atoms with Crippen LogP contribution in [0, 0.1) is 25.7 Å². The summed E-state index contributed by atoms with van der Waals surface area (Å²) in [5.41, 5.74) is 1.96. The van der Waals surface area contributed by atoms with Crippen LogP contribution in [0.4, 0.5) is 16.2 Å². The van der Waals surface area contributed by atoms with Gasteiger partial charge in [0.25, 0.3) is 5.91 Å². The summed E-state index contributed by atoms with van der Waals surface area (Å²) in [5, 5.41) is 19.6. The summed E-state index contributed by atoms with van der Waals surface area (Å²) >= 11 is 0. The number of aromatic nitrogens is 1. The van der Waals surface area contributed by atoms with E-state index in [9.17, 15) is 19.5 Å². The lowest BCUT2D eigenvalue weighted by molar-refractivity contribution is -0.120. The van der Waals surface area contributed by atoms with Gasteiger partial charge in [0, 0.05) is 31.1 Å². The topological polar surface area (TPSA) is 137 Å². The summed E-state index contributed by atoms with van der Waals surface area (Å²) in [7, 11) is 1.67. The fraction of sp³-hybridized carbons (Fsp3) is 0.586. The lowest BCUT2D eigenvalue weighted by Crippen LogP contribution is -2.50. The largest absolute Gasteiger partial charge is 0.487 e. The van der Waals surface area contributed by atoms with E-state index in [1.807, 2.05) is 6.92 Å². The minimum Gasteiger partial charge on any atom is -0.487 e. The van der Waals surface area contributed by atoms with Gasteiger partial charge in [-0.1, -0.05) is 31.3 Å². The number of hydrogen-bond donors (Lipinski definition) is 3. The zero-order valence-corrected chi connectivity index (χ0v) is 24.0. The van der Waals surface area contributed by atoms with E-state index in [1.165, 1.54) is 4.90 Å². The van der Waals surface area contributed by atoms with Gasteiger partial charge in [0.1, 0.15) is 23.2 Å². The predicted octanol–water partition coefficient (Wildman–Crippen LogP) is 4.19. The maximum atomic E-state index is 13.7. The first kappa shape index (κ1) is 29.4. The summed E-state index contributed by atoms with van der Waals surface area (Å²) in [6.45, 7) is 7.60. The number of aliphatic hydroxyl groups is 1. The van der Waals surface area contributed by atoms with E-state index in [0.717, 1.165) is 32.1 Å². The SMILES string of the molecule is Cc1noc(C)c1NC(=O)N(C)C[C@H]1Oc2ccc(NC(=O)C3CCCCC3)cc2C(=O)N([C@@H](C)CO)C[C@@H]1C. The number of ether oxygens (including phenoxy) is 1. The third-order valence-corrected chi connectivity index (χ3v) is 7.97. The molecule has 4 amide bonds. The molecule has 2 aromatic rings. The highest BCUT2D eigenvalue weighted by atomic mass is 16.5. The number of rotatable bonds is 7. The Morgan fingerprint density at radius 1 is 1.20 bits per heavy atom. The summed E-state index contributed by atoms with van der Waals surface area (Å²) in [6, 6.07) is 4.31. The standard InChI is InChI=1S/C29H41N5O6/c1-17-14-34(18(2)16-35)28(37)23-13-22(30-27(36)21-9-7-6-8-10-21)11-12-24(23)39-25(17)15-33(5)29(38)31-26-19(3)32-40-20(26)4/h11-13,17-18,21,25,35H,6-10,14-16H2,1-5H3,(H,30,36)(H,31,38)/t17-,18-,25+/m0/s1. The van der Waals surface area contributed by atoms with Gasteiger partial charge in [-0.15, -0.1) is 0 Å². The molecule has 0 saturated heterocycles. The molecule has 3 N–H and O–H groups in total. The van der Waals surface area contributed by atoms with Crippen molar-refractivity contribution < 1.29 is 28.8 Å². The number of carbonyl (C=O) groups excluding carboxylic acids is 3. The van der Waals surface area contributed by atoms with Crippen molar-refractivity contribution in [2.45, 2.75) is 71.9 Å². The van der Waals surface area contributed by atoms with Gasteiger partial charge < -0.3 is 34.8 Å². The highest BCUT2D eigenvalue weighted by Gasteiger charge is 2.34. The Kier molecular flexibility index (Phi) is 9.34. The van der Waals surface area contributed by atoms with Crippen molar-refractivity contribution in [3.63, 3.8) is 0 Å². The predicted molar refractivity (Wildman–Crippen MR) is 150 cm³/mol. The number of aryl methyl sites for hydroxylation is 2. The maximum absolute atomic E-state index is 13.7. The Labute approximate surface area is 235 Å². The maximum Gasteiger partial charge on any atom is 0.321 e. The van der Waals surface area contributed by atoms with E-state index in [-0.39, 0.29) is 42.8 Å². The van der Waals surface area contributed by atoms with Gasteiger partial charge in [-0.3, -0.25) is 9.59 Å². The van der Waals surface area contributed by atoms with Crippen LogP contribution in [0.5, 0.6) is 5.75 Å². The van der Waals surface area contributed by atoms with E-state index in [4.69, 9.17) is 9.26 Å². The molecular weight excluding hydrogens is 514 g/mol. The number of likely N-dealkylation sites (N-methyl/N-ethyl adjacent to an activating group) is 1. The monoisotopic (exact) mass is 555 g/mol. The van der Waals surface area contributed by atoms with Crippen molar-refractivity contribution in [2.75, 3.05) is 37.4 Å². The van der Waals surface area contributed by atoms with Crippen LogP contribution in [0.2, 0.25) is 0 Å². The van der Waals surface area contributed by atoms with Crippen LogP contribution in [0.1, 0.15) is 67.8 Å². The highest BCUT2D eigenvalue weighted by molar-refractivity contribution is 6.00. The Morgan fingerprint density at radius 2 is 1.93 bits per heavy atom. The number of nitrogens with zero attached hydrogens (tertiary/aromatic N) is 3. The van der Waals surface area contributed by atoms with Gasteiger partial charge in [0.2, 0.25) is 5.91 Å². The number of anilines is 2. The minimum atomic E-state index is -0.455. The number of hydrogen-bond acceptors (Lipinski definition) is 7. The van der Waals surface area contributed by atoms with Crippen molar-refractivity contribution in [1.82, 2.24) is 15.0 Å². The van der Waals surface area contributed by atoms with Crippen LogP contribution in [0.25, 0.3) is 0 Å². The number of nitrogens with one attached hydrogen (secondary N) is 2. The van der Waals surface area contributed by atoms with Crippen molar-refractivity contribution >= 4 is 29.2 Å². The number of aliphatic hydroxyl groups excluding tert-OH is 1. The van der Waals surface area contributed by atoms with Crippen LogP contribution in [0.3, 0.4) is 0 Å². The van der Waals surface area contributed by atoms with E-state index < -0.39 is 12.1 Å². The molecule has 4 rings (SSSR count). The first-order valence-electron chi connectivity index (χ1n) is 14.1. The molecule has 1 fully saturated rings. The quantitative estimate of drug-likeness (QED) is 0.466. The molecule has 0 radical (unpaired) electrons. The zero-order chi connectivity index (χ0) is 29.0. The van der Waals surface area contributed by atoms with Crippen LogP contribution >= 0.6 is 0 Å². The van der Waals surface area contributed by atoms with Crippen molar-refractivity contribution in [3.8, 4) is 5.75 Å². The molecule has 0 unspecified atom stereocenters. The first-order valence-corrected chi connectivity index (χ1v) is 14.1. The molecule has 40 heavy (non-hydrogen) atoms. The van der Waals surface area contributed by atoms with Crippen LogP contribution in [0.15, 0.2) is 22.7 Å². The summed E-state index contributed by atoms with van der Waals surface area (Å²) < 4.78 is 11.5. The van der Waals surface area contributed by atoms with E-state index in [1.54, 1.807) is 50.9 Å². The van der Waals surface area contributed by atoms with Gasteiger partial charge in [-0.2, -0.15) is 0 Å². The third kappa shape index (κ3) is 6.57. The van der Waals surface area contributed by atoms with E-state index in [2.05, 4.69) is 15.8 Å². The average Bonchev–Trinajstić information content (AvgIpc) is 3.27. The Hall–Kier alpha value is -3.60. The number of urea groups is 1. The fourth-order valence-electron chi connectivity index (χ4n) is 5.34. The van der Waals surface area contributed by atoms with Crippen LogP contribution in [-0.2, 0) is 4.79 Å². The molecular formula is C29H41N5O6. The number of benzene rings is 1. The molecule has 3 atom stereocenters. The zero-order valence-electron chi connectivity index (χ0n) is 24.0. The first-order chi connectivity index (χ1) is 19.1. The van der Waals surface area contributed by atoms with Gasteiger partial charge in [-0.25, -0.2) is 4.79 Å². The van der Waals surface area contributed by atoms with Crippen LogP contribution < -0.4 is 15.4 Å². The van der Waals surface area contributed by atoms with Crippen molar-refractivity contribution in [1.29, 1.82) is 0 Å². The summed E-state index contributed by atoms with van der Waals surface area (Å²) in [6.07, 6.45) is 4.54. The lowest BCUT2D eigenvalue weighted by Gasteiger charge is -2.38. The van der Waals surface area contributed by atoms with Crippen molar-refractivity contribution in [2.24, 2.45) is 11.8 Å². The molecule has 2 heterocycles. The second kappa shape index (κ2) is 12.7. The van der Waals surface area contributed by atoms with E-state index in [0.29, 0.717) is 40.7 Å². The van der Waals surface area contributed by atoms with Gasteiger partial charge >= 0.3 is 6.03 Å². The molecule has 0 bridgehead atoms. The van der Waals surface area contributed by atoms with Gasteiger partial charge in [0.15, 0.2) is 5.76 Å². The summed E-state index contributed by atoms with van der Waals surface area (Å²) in [5.74, 6) is 0.392. The summed E-state index contributed by atoms with van der Waals surface area (Å²) in [4.78, 5) is 42.7. The van der Waals surface area contributed by atoms with E-state index >= 15 is 0 Å². The molecule has 0 spiro atoms. The molecule has 1 saturated carbocycles. The van der Waals surface area contributed by atoms with Gasteiger partial charge in [0.05, 0.1) is 24.8 Å². The lowest BCUT2D eigenvalue weighted by atomic mass is 9.88. The Balaban J connectivity index is 1.56. The van der Waals surface area contributed by atoms with Gasteiger partial charge in [-0.05, 0) is 51.8 Å². The molecule has 11 heteroatoms. The molecule has 1 aliphatic carbocycles. The molecule has 218 valence electrons. The Bertz CT molecular complexity index is 1200. The smallest absolute Gasteiger partial charge is 0.321 e. The highest BCUT2D eigenvalue weighted by Crippen LogP contribution is 2.32. The normalized spacial score (nSPS) is 20.6. The molecule has 1 aromatic heterocycles. The molecule has 1 aliphatic heterocycles. The number of amides is 4. The van der Waals surface area contributed by atoms with Crippen molar-refractivity contribution in [3.05, 3.63) is 35.2 Å². The second-order valence-electron chi connectivity index (χ2n) is 11.2. The molecule has 2 aliphatic rings.